The van der Waals surface area contributed by atoms with Gasteiger partial charge >= 0.3 is 0 Å². The summed E-state index contributed by atoms with van der Waals surface area (Å²) in [6.07, 6.45) is 3.02. The molecule has 1 atom stereocenters. The molecular formula is C26H27ClN4O2. The summed E-state index contributed by atoms with van der Waals surface area (Å²) in [5, 5.41) is 5.81. The number of rotatable bonds is 8. The van der Waals surface area contributed by atoms with Crippen molar-refractivity contribution < 1.29 is 9.21 Å². The fourth-order valence-corrected chi connectivity index (χ4v) is 3.80. The van der Waals surface area contributed by atoms with E-state index in [0.29, 0.717) is 35.2 Å². The second kappa shape index (κ2) is 10.1. The number of anilines is 1. The average Bonchev–Trinajstić information content (AvgIpc) is 3.31. The molecule has 0 fully saturated rings. The van der Waals surface area contributed by atoms with Gasteiger partial charge in [-0.25, -0.2) is 4.98 Å². The predicted octanol–water partition coefficient (Wildman–Crippen LogP) is 5.42. The van der Waals surface area contributed by atoms with E-state index in [1.165, 1.54) is 0 Å². The molecule has 0 saturated carbocycles. The van der Waals surface area contributed by atoms with Crippen LogP contribution in [0.3, 0.4) is 0 Å². The molecule has 0 unspecified atom stereocenters. The summed E-state index contributed by atoms with van der Waals surface area (Å²) in [6, 6.07) is 18.8. The van der Waals surface area contributed by atoms with Crippen molar-refractivity contribution in [2.45, 2.75) is 18.9 Å². The second-order valence-electron chi connectivity index (χ2n) is 8.17. The van der Waals surface area contributed by atoms with Crippen molar-refractivity contribution in [3.8, 4) is 11.3 Å². The van der Waals surface area contributed by atoms with Crippen LogP contribution in [0, 0.1) is 0 Å². The van der Waals surface area contributed by atoms with E-state index in [-0.39, 0.29) is 11.9 Å². The molecule has 33 heavy (non-hydrogen) atoms. The van der Waals surface area contributed by atoms with Crippen LogP contribution < -0.4 is 16.0 Å². The first kappa shape index (κ1) is 22.8. The van der Waals surface area contributed by atoms with Crippen LogP contribution in [0.25, 0.3) is 22.1 Å². The Morgan fingerprint density at radius 3 is 2.55 bits per heavy atom. The molecule has 1 heterocycles. The van der Waals surface area contributed by atoms with E-state index in [2.05, 4.69) is 21.3 Å². The summed E-state index contributed by atoms with van der Waals surface area (Å²) in [6.45, 7) is 0.515. The lowest BCUT2D eigenvalue weighted by atomic mass is 10.0. The molecule has 0 bridgehead atoms. The number of carbonyl (C=O) groups excluding carboxylic acids is 1. The first-order chi connectivity index (χ1) is 15.9. The van der Waals surface area contributed by atoms with Gasteiger partial charge in [-0.2, -0.15) is 0 Å². The van der Waals surface area contributed by atoms with E-state index in [4.69, 9.17) is 21.8 Å². The normalized spacial score (nSPS) is 12.0. The quantitative estimate of drug-likeness (QED) is 0.365. The van der Waals surface area contributed by atoms with E-state index in [1.54, 1.807) is 18.3 Å². The number of carbonyl (C=O) groups is 1. The van der Waals surface area contributed by atoms with Gasteiger partial charge < -0.3 is 20.4 Å². The number of aromatic nitrogens is 1. The smallest absolute Gasteiger partial charge is 0.251 e. The van der Waals surface area contributed by atoms with Crippen LogP contribution in [0.4, 0.5) is 5.69 Å². The number of hydrogen-bond acceptors (Lipinski definition) is 5. The van der Waals surface area contributed by atoms with Gasteiger partial charge in [-0.1, -0.05) is 23.7 Å². The first-order valence-electron chi connectivity index (χ1n) is 10.9. The first-order valence-corrected chi connectivity index (χ1v) is 11.3. The molecule has 1 aromatic heterocycles. The number of nitrogens with zero attached hydrogens (tertiary/aromatic N) is 2. The number of nitrogens with one attached hydrogen (secondary N) is 1. The number of amides is 1. The number of halogens is 1. The summed E-state index contributed by atoms with van der Waals surface area (Å²) in [7, 11) is 4.01. The van der Waals surface area contributed by atoms with Crippen LogP contribution >= 0.6 is 11.6 Å². The van der Waals surface area contributed by atoms with E-state index in [0.717, 1.165) is 28.4 Å². The van der Waals surface area contributed by atoms with Crippen molar-refractivity contribution in [2.24, 2.45) is 5.73 Å². The predicted molar refractivity (Wildman–Crippen MR) is 134 cm³/mol. The summed E-state index contributed by atoms with van der Waals surface area (Å²) < 4.78 is 6.00. The van der Waals surface area contributed by atoms with Gasteiger partial charge in [0, 0.05) is 35.9 Å². The number of nitrogens with two attached hydrogens (primary N) is 1. The minimum absolute atomic E-state index is 0.179. The van der Waals surface area contributed by atoms with Crippen molar-refractivity contribution in [1.29, 1.82) is 0 Å². The molecule has 170 valence electrons. The number of fused-ring (bicyclic) bond motifs is 1. The SMILES string of the molecule is CN(C)c1ccc2cc(C(=O)N[C@@H](CCCN)c3ncc(-c4ccc(Cl)cc4)o3)ccc2c1. The van der Waals surface area contributed by atoms with Crippen LogP contribution in [-0.2, 0) is 0 Å². The molecule has 0 aliphatic heterocycles. The van der Waals surface area contributed by atoms with Crippen molar-refractivity contribution in [3.05, 3.63) is 83.3 Å². The monoisotopic (exact) mass is 462 g/mol. The molecular weight excluding hydrogens is 436 g/mol. The Bertz CT molecular complexity index is 1250. The third-order valence-electron chi connectivity index (χ3n) is 5.56. The fourth-order valence-electron chi connectivity index (χ4n) is 3.67. The zero-order chi connectivity index (χ0) is 23.4. The molecule has 6 nitrogen and oxygen atoms in total. The van der Waals surface area contributed by atoms with Crippen LogP contribution in [0.1, 0.15) is 35.1 Å². The molecule has 3 N–H and O–H groups in total. The van der Waals surface area contributed by atoms with Crippen molar-refractivity contribution in [3.63, 3.8) is 0 Å². The van der Waals surface area contributed by atoms with Crippen LogP contribution in [0.2, 0.25) is 5.02 Å². The van der Waals surface area contributed by atoms with Crippen molar-refractivity contribution >= 4 is 34.0 Å². The largest absolute Gasteiger partial charge is 0.438 e. The molecule has 7 heteroatoms. The molecule has 1 amide bonds. The molecule has 0 aliphatic rings. The lowest BCUT2D eigenvalue weighted by molar-refractivity contribution is 0.0927. The summed E-state index contributed by atoms with van der Waals surface area (Å²) in [4.78, 5) is 19.6. The number of oxazole rings is 1. The Balaban J connectivity index is 1.55. The Hall–Kier alpha value is -3.35. The average molecular weight is 463 g/mol. The zero-order valence-corrected chi connectivity index (χ0v) is 19.5. The van der Waals surface area contributed by atoms with E-state index in [1.807, 2.05) is 56.6 Å². The summed E-state index contributed by atoms with van der Waals surface area (Å²) >= 11 is 5.98. The highest BCUT2D eigenvalue weighted by Gasteiger charge is 2.21. The molecule has 4 rings (SSSR count). The highest BCUT2D eigenvalue weighted by molar-refractivity contribution is 6.30. The standard InChI is InChI=1S/C26H27ClN4O2/c1-31(2)22-12-9-18-14-20(6-5-19(18)15-22)25(32)30-23(4-3-13-28)26-29-16-24(33-26)17-7-10-21(27)11-8-17/h5-12,14-16,23H,3-4,13,28H2,1-2H3,(H,30,32)/t23-/m0/s1. The molecule has 0 aliphatic carbocycles. The molecule has 0 radical (unpaired) electrons. The topological polar surface area (TPSA) is 84.4 Å². The van der Waals surface area contributed by atoms with Gasteiger partial charge in [0.05, 0.1) is 6.20 Å². The third kappa shape index (κ3) is 5.35. The molecule has 0 spiro atoms. The van der Waals surface area contributed by atoms with Crippen molar-refractivity contribution in [1.82, 2.24) is 10.3 Å². The maximum atomic E-state index is 13.1. The maximum Gasteiger partial charge on any atom is 0.251 e. The Kier molecular flexibility index (Phi) is 6.96. The van der Waals surface area contributed by atoms with Gasteiger partial charge in [0.2, 0.25) is 5.89 Å². The molecule has 4 aromatic rings. The van der Waals surface area contributed by atoms with Gasteiger partial charge in [-0.3, -0.25) is 4.79 Å². The maximum absolute atomic E-state index is 13.1. The summed E-state index contributed by atoms with van der Waals surface area (Å²) in [5.74, 6) is 0.899. The highest BCUT2D eigenvalue weighted by atomic mass is 35.5. The number of benzene rings is 3. The lowest BCUT2D eigenvalue weighted by Crippen LogP contribution is -2.29. The summed E-state index contributed by atoms with van der Waals surface area (Å²) in [5.41, 5.74) is 8.29. The van der Waals surface area contributed by atoms with E-state index < -0.39 is 0 Å². The van der Waals surface area contributed by atoms with Gasteiger partial charge in [0.1, 0.15) is 6.04 Å². The molecule has 0 saturated heterocycles. The van der Waals surface area contributed by atoms with E-state index >= 15 is 0 Å². The lowest BCUT2D eigenvalue weighted by Gasteiger charge is -2.16. The van der Waals surface area contributed by atoms with Gasteiger partial charge in [-0.15, -0.1) is 0 Å². The van der Waals surface area contributed by atoms with E-state index in [9.17, 15) is 4.79 Å². The minimum Gasteiger partial charge on any atom is -0.438 e. The van der Waals surface area contributed by atoms with Crippen molar-refractivity contribution in [2.75, 3.05) is 25.5 Å². The van der Waals surface area contributed by atoms with Crippen LogP contribution in [-0.4, -0.2) is 31.5 Å². The molecule has 3 aromatic carbocycles. The van der Waals surface area contributed by atoms with Crippen LogP contribution in [0.5, 0.6) is 0 Å². The third-order valence-corrected chi connectivity index (χ3v) is 5.81. The Morgan fingerprint density at radius 1 is 1.09 bits per heavy atom. The fraction of sp³-hybridized carbons (Fsp3) is 0.231. The van der Waals surface area contributed by atoms with Gasteiger partial charge in [0.15, 0.2) is 5.76 Å². The second-order valence-corrected chi connectivity index (χ2v) is 8.60. The Labute approximate surface area is 198 Å². The number of hydrogen-bond donors (Lipinski definition) is 2. The minimum atomic E-state index is -0.381. The highest BCUT2D eigenvalue weighted by Crippen LogP contribution is 2.27. The Morgan fingerprint density at radius 2 is 1.82 bits per heavy atom. The van der Waals surface area contributed by atoms with Gasteiger partial charge in [0.25, 0.3) is 5.91 Å². The van der Waals surface area contributed by atoms with Crippen LogP contribution in [0.15, 0.2) is 71.3 Å². The zero-order valence-electron chi connectivity index (χ0n) is 18.7. The van der Waals surface area contributed by atoms with Gasteiger partial charge in [-0.05, 0) is 78.7 Å².